The number of aromatic nitrogens is 3. The van der Waals surface area contributed by atoms with E-state index in [2.05, 4.69) is 15.0 Å². The van der Waals surface area contributed by atoms with Crippen LogP contribution in [0.25, 0.3) is 33.4 Å². The maximum absolute atomic E-state index is 14.2. The Kier molecular flexibility index (Phi) is 4.16. The standard InChI is InChI=1S/C19H13BFN3O2/c21-17-6-2-1-4-15(17)18-9-16(14-5-3-7-23-19(14)24-18)12-8-13(20(25)26)11-22-10-12/h1-11,25-26H. The average Bonchev–Trinajstić information content (AvgIpc) is 2.67. The van der Waals surface area contributed by atoms with Gasteiger partial charge in [-0.3, -0.25) is 4.98 Å². The van der Waals surface area contributed by atoms with Crippen molar-refractivity contribution in [3.8, 4) is 22.4 Å². The van der Waals surface area contributed by atoms with E-state index in [0.717, 1.165) is 10.9 Å². The van der Waals surface area contributed by atoms with Gasteiger partial charge in [0.25, 0.3) is 0 Å². The van der Waals surface area contributed by atoms with Crippen molar-refractivity contribution in [1.82, 2.24) is 15.0 Å². The molecule has 0 radical (unpaired) electrons. The van der Waals surface area contributed by atoms with Gasteiger partial charge >= 0.3 is 7.12 Å². The minimum absolute atomic E-state index is 0.267. The summed E-state index contributed by atoms with van der Waals surface area (Å²) in [6.07, 6.45) is 4.61. The van der Waals surface area contributed by atoms with E-state index in [9.17, 15) is 14.4 Å². The minimum atomic E-state index is -1.63. The van der Waals surface area contributed by atoms with Crippen LogP contribution in [0.1, 0.15) is 0 Å². The second-order valence-corrected chi connectivity index (χ2v) is 5.79. The van der Waals surface area contributed by atoms with Crippen LogP contribution in [0.15, 0.2) is 67.1 Å². The summed E-state index contributed by atoms with van der Waals surface area (Å²) in [6.45, 7) is 0. The average molecular weight is 345 g/mol. The van der Waals surface area contributed by atoms with Gasteiger partial charge in [-0.15, -0.1) is 0 Å². The quantitative estimate of drug-likeness (QED) is 0.557. The normalized spacial score (nSPS) is 10.9. The lowest BCUT2D eigenvalue weighted by Crippen LogP contribution is -2.30. The maximum Gasteiger partial charge on any atom is 0.490 e. The molecule has 0 aliphatic rings. The van der Waals surface area contributed by atoms with Gasteiger partial charge in [0.15, 0.2) is 5.65 Å². The van der Waals surface area contributed by atoms with Crippen LogP contribution in [0, 0.1) is 5.82 Å². The smallest absolute Gasteiger partial charge is 0.423 e. The van der Waals surface area contributed by atoms with E-state index in [1.165, 1.54) is 12.3 Å². The maximum atomic E-state index is 14.2. The Balaban J connectivity index is 1.99. The zero-order chi connectivity index (χ0) is 18.1. The van der Waals surface area contributed by atoms with Crippen molar-refractivity contribution in [2.45, 2.75) is 0 Å². The summed E-state index contributed by atoms with van der Waals surface area (Å²) in [5, 5.41) is 19.6. The highest BCUT2D eigenvalue weighted by atomic mass is 19.1. The topological polar surface area (TPSA) is 79.1 Å². The van der Waals surface area contributed by atoms with E-state index in [1.807, 2.05) is 6.07 Å². The fourth-order valence-corrected chi connectivity index (χ4v) is 2.85. The third-order valence-corrected chi connectivity index (χ3v) is 4.10. The number of pyridine rings is 3. The SMILES string of the molecule is OB(O)c1cncc(-c2cc(-c3ccccc3F)nc3ncccc23)c1. The van der Waals surface area contributed by atoms with Crippen molar-refractivity contribution in [3.63, 3.8) is 0 Å². The van der Waals surface area contributed by atoms with Crippen molar-refractivity contribution < 1.29 is 14.4 Å². The van der Waals surface area contributed by atoms with Gasteiger partial charge in [0, 0.05) is 40.6 Å². The molecule has 1 aromatic carbocycles. The van der Waals surface area contributed by atoms with E-state index < -0.39 is 7.12 Å². The lowest BCUT2D eigenvalue weighted by atomic mass is 9.80. The Labute approximate surface area is 149 Å². The first-order valence-corrected chi connectivity index (χ1v) is 7.95. The number of rotatable bonds is 3. The predicted molar refractivity (Wildman–Crippen MR) is 98.0 cm³/mol. The molecule has 0 aliphatic carbocycles. The van der Waals surface area contributed by atoms with Crippen molar-refractivity contribution in [1.29, 1.82) is 0 Å². The van der Waals surface area contributed by atoms with Crippen LogP contribution in [-0.2, 0) is 0 Å². The lowest BCUT2D eigenvalue weighted by molar-refractivity contribution is 0.425. The van der Waals surface area contributed by atoms with E-state index >= 15 is 0 Å². The molecule has 3 heterocycles. The molecule has 7 heteroatoms. The van der Waals surface area contributed by atoms with E-state index in [4.69, 9.17) is 0 Å². The van der Waals surface area contributed by atoms with Crippen LogP contribution in [0.3, 0.4) is 0 Å². The van der Waals surface area contributed by atoms with Gasteiger partial charge in [0.2, 0.25) is 0 Å². The minimum Gasteiger partial charge on any atom is -0.423 e. The first-order chi connectivity index (χ1) is 12.6. The number of nitrogens with zero attached hydrogens (tertiary/aromatic N) is 3. The molecule has 0 saturated heterocycles. The molecular weight excluding hydrogens is 332 g/mol. The van der Waals surface area contributed by atoms with Gasteiger partial charge in [-0.1, -0.05) is 18.2 Å². The van der Waals surface area contributed by atoms with Crippen LogP contribution in [0.2, 0.25) is 0 Å². The molecule has 0 atom stereocenters. The number of hydrogen-bond acceptors (Lipinski definition) is 5. The Morgan fingerprint density at radius 3 is 2.58 bits per heavy atom. The van der Waals surface area contributed by atoms with Crippen LogP contribution >= 0.6 is 0 Å². The highest BCUT2D eigenvalue weighted by molar-refractivity contribution is 6.58. The summed E-state index contributed by atoms with van der Waals surface area (Å²) in [7, 11) is -1.63. The summed E-state index contributed by atoms with van der Waals surface area (Å²) < 4.78 is 14.2. The monoisotopic (exact) mass is 345 g/mol. The largest absolute Gasteiger partial charge is 0.490 e. The molecule has 0 fully saturated rings. The Hall–Kier alpha value is -3.16. The Bertz CT molecular complexity index is 1100. The van der Waals surface area contributed by atoms with Gasteiger partial charge in [0.1, 0.15) is 5.82 Å². The molecule has 2 N–H and O–H groups in total. The fourth-order valence-electron chi connectivity index (χ4n) is 2.85. The molecule has 4 rings (SSSR count). The molecule has 26 heavy (non-hydrogen) atoms. The molecule has 3 aromatic heterocycles. The van der Waals surface area contributed by atoms with E-state index in [1.54, 1.807) is 48.8 Å². The molecular formula is C19H13BFN3O2. The molecule has 0 spiro atoms. The van der Waals surface area contributed by atoms with Gasteiger partial charge in [-0.25, -0.2) is 14.4 Å². The molecule has 0 bridgehead atoms. The summed E-state index contributed by atoms with van der Waals surface area (Å²) >= 11 is 0. The van der Waals surface area contributed by atoms with E-state index in [-0.39, 0.29) is 11.3 Å². The van der Waals surface area contributed by atoms with Gasteiger partial charge < -0.3 is 10.0 Å². The van der Waals surface area contributed by atoms with Gasteiger partial charge in [0.05, 0.1) is 5.69 Å². The highest BCUT2D eigenvalue weighted by Gasteiger charge is 2.16. The van der Waals surface area contributed by atoms with Crippen molar-refractivity contribution >= 4 is 23.6 Å². The number of halogens is 1. The summed E-state index contributed by atoms with van der Waals surface area (Å²) in [6, 6.07) is 13.4. The van der Waals surface area contributed by atoms with Gasteiger partial charge in [-0.05, 0) is 35.9 Å². The fraction of sp³-hybridized carbons (Fsp3) is 0. The van der Waals surface area contributed by atoms with Crippen molar-refractivity contribution in [2.75, 3.05) is 0 Å². The Morgan fingerprint density at radius 1 is 0.923 bits per heavy atom. The molecule has 126 valence electrons. The molecule has 0 saturated carbocycles. The second-order valence-electron chi connectivity index (χ2n) is 5.79. The van der Waals surface area contributed by atoms with Crippen LogP contribution < -0.4 is 5.46 Å². The molecule has 0 amide bonds. The molecule has 5 nitrogen and oxygen atoms in total. The molecule has 0 unspecified atom stereocenters. The summed E-state index contributed by atoms with van der Waals surface area (Å²) in [5.41, 5.74) is 2.94. The Morgan fingerprint density at radius 2 is 1.77 bits per heavy atom. The highest BCUT2D eigenvalue weighted by Crippen LogP contribution is 2.31. The molecule has 0 aliphatic heterocycles. The van der Waals surface area contributed by atoms with Crippen molar-refractivity contribution in [3.05, 3.63) is 72.9 Å². The van der Waals surface area contributed by atoms with Crippen LogP contribution in [0.5, 0.6) is 0 Å². The van der Waals surface area contributed by atoms with Crippen molar-refractivity contribution in [2.24, 2.45) is 0 Å². The van der Waals surface area contributed by atoms with Crippen LogP contribution in [-0.4, -0.2) is 32.1 Å². The lowest BCUT2D eigenvalue weighted by Gasteiger charge is -2.11. The van der Waals surface area contributed by atoms with Crippen LogP contribution in [0.4, 0.5) is 4.39 Å². The number of fused-ring (bicyclic) bond motifs is 1. The first-order valence-electron chi connectivity index (χ1n) is 7.95. The summed E-state index contributed by atoms with van der Waals surface area (Å²) in [4.78, 5) is 12.8. The third-order valence-electron chi connectivity index (χ3n) is 4.10. The number of benzene rings is 1. The first kappa shape index (κ1) is 16.3. The third kappa shape index (κ3) is 2.94. The summed E-state index contributed by atoms with van der Waals surface area (Å²) in [5.74, 6) is -0.376. The van der Waals surface area contributed by atoms with Gasteiger partial charge in [-0.2, -0.15) is 0 Å². The second kappa shape index (κ2) is 6.63. The predicted octanol–water partition coefficient (Wildman–Crippen LogP) is 2.18. The molecule has 4 aromatic rings. The number of hydrogen-bond donors (Lipinski definition) is 2. The van der Waals surface area contributed by atoms with E-state index in [0.29, 0.717) is 22.5 Å². The zero-order valence-electron chi connectivity index (χ0n) is 13.5. The zero-order valence-corrected chi connectivity index (χ0v) is 13.5.